The number of carbonyl (C=O) groups excluding carboxylic acids is 1. The topological polar surface area (TPSA) is 229 Å². The normalized spacial score (nSPS) is 17.2. The number of hydrogen-bond acceptors (Lipinski definition) is 14. The summed E-state index contributed by atoms with van der Waals surface area (Å²) < 4.78 is 42.5. The summed E-state index contributed by atoms with van der Waals surface area (Å²) in [4.78, 5) is 64.2. The Morgan fingerprint density at radius 3 is 1.79 bits per heavy atom. The Bertz CT molecular complexity index is 2800. The van der Waals surface area contributed by atoms with Gasteiger partial charge in [-0.2, -0.15) is 0 Å². The van der Waals surface area contributed by atoms with Gasteiger partial charge >= 0.3 is 11.8 Å². The highest BCUT2D eigenvalue weighted by Gasteiger charge is 2.51. The molecule has 0 spiro atoms. The third-order valence-corrected chi connectivity index (χ3v) is 14.2. The molecule has 1 fully saturated rings. The van der Waals surface area contributed by atoms with Crippen molar-refractivity contribution in [2.24, 2.45) is 0 Å². The molecule has 1 unspecified atom stereocenters. The first-order valence-corrected chi connectivity index (χ1v) is 24.5. The van der Waals surface area contributed by atoms with Crippen LogP contribution in [0.5, 0.6) is 5.75 Å². The molecule has 5 aromatic carbocycles. The third kappa shape index (κ3) is 12.7. The molecule has 0 bridgehead atoms. The van der Waals surface area contributed by atoms with Gasteiger partial charge in [0, 0.05) is 55.0 Å². The van der Waals surface area contributed by atoms with Crippen LogP contribution in [0, 0.1) is 20.2 Å². The van der Waals surface area contributed by atoms with Crippen molar-refractivity contribution in [3.8, 4) is 5.75 Å². The highest BCUT2D eigenvalue weighted by atomic mass is 31.2. The molecule has 1 saturated heterocycles. The van der Waals surface area contributed by atoms with Crippen LogP contribution in [0.3, 0.4) is 0 Å². The number of aromatic nitrogens is 2. The van der Waals surface area contributed by atoms with E-state index in [1.807, 2.05) is 113 Å². The largest absolute Gasteiger partial charge is 0.497 e. The van der Waals surface area contributed by atoms with E-state index >= 15 is 0 Å². The summed E-state index contributed by atoms with van der Waals surface area (Å²) in [5.74, 6) is 0.630. The van der Waals surface area contributed by atoms with Gasteiger partial charge < -0.3 is 33.3 Å². The van der Waals surface area contributed by atoms with E-state index in [0.29, 0.717) is 17.7 Å². The summed E-state index contributed by atoms with van der Waals surface area (Å²) in [5, 5.41) is 25.5. The minimum absolute atomic E-state index is 0.0411. The number of benzene rings is 5. The van der Waals surface area contributed by atoms with Crippen LogP contribution < -0.4 is 21.3 Å². The summed E-state index contributed by atoms with van der Waals surface area (Å²) in [7, 11) is -0.455. The fraction of sp³-hybridized carbons (Fsp3) is 0.327. The molecule has 2 heterocycles. The summed E-state index contributed by atoms with van der Waals surface area (Å²) in [5.41, 5.74) is 0.897. The number of carbonyl (C=O) groups is 1. The van der Waals surface area contributed by atoms with Gasteiger partial charge in [-0.15, -0.1) is 0 Å². The lowest BCUT2D eigenvalue weighted by molar-refractivity contribution is -0.385. The molecule has 1 aliphatic heterocycles. The Hall–Kier alpha value is -7.12. The van der Waals surface area contributed by atoms with Crippen molar-refractivity contribution in [2.75, 3.05) is 26.9 Å². The van der Waals surface area contributed by atoms with Crippen molar-refractivity contribution in [3.63, 3.8) is 0 Å². The maximum atomic E-state index is 14.1. The third-order valence-electron chi connectivity index (χ3n) is 12.0. The van der Waals surface area contributed by atoms with Crippen molar-refractivity contribution >= 4 is 26.0 Å². The quantitative estimate of drug-likeness (QED) is 0.0265. The van der Waals surface area contributed by atoms with E-state index in [0.717, 1.165) is 32.9 Å². The van der Waals surface area contributed by atoms with Crippen LogP contribution in [0.4, 0.5) is 16.2 Å². The monoisotopic (exact) mass is 1000 g/mol. The van der Waals surface area contributed by atoms with Gasteiger partial charge in [-0.1, -0.05) is 97.1 Å². The molecule has 1 aromatic heterocycles. The van der Waals surface area contributed by atoms with Crippen LogP contribution in [-0.4, -0.2) is 87.4 Å². The maximum absolute atomic E-state index is 14.1. The molecule has 5 atom stereocenters. The van der Waals surface area contributed by atoms with Gasteiger partial charge in [0.25, 0.3) is 25.5 Å². The van der Waals surface area contributed by atoms with E-state index < -0.39 is 65.8 Å². The number of methoxy groups -OCH3 is 1. The smallest absolute Gasteiger partial charge is 0.407 e. The van der Waals surface area contributed by atoms with Gasteiger partial charge in [0.1, 0.15) is 29.6 Å². The molecule has 0 aliphatic carbocycles. The number of hydrogen-bond donors (Lipinski definition) is 2. The number of nitro groups is 2. The number of nitrogens with one attached hydrogen (secondary N) is 2. The fourth-order valence-electron chi connectivity index (χ4n) is 8.63. The number of aromatic amines is 1. The van der Waals surface area contributed by atoms with Crippen LogP contribution >= 0.6 is 8.53 Å². The SMILES string of the molecule is COc1ccc(C(OC[C@H]2O[C@@H](n3ccc(=O)[nH]c3=O)[C@H](NC(=O)OCCc3ccc([N+](=O)[O-])cc3)[C@@H]2OP(OCCc2ccc([N+](=O)[O-])cc2)N(C(C)C)C(C)C)(c2ccccc2)c2ccccc2)cc1. The molecule has 0 radical (unpaired) electrons. The fourth-order valence-corrected chi connectivity index (χ4v) is 10.4. The van der Waals surface area contributed by atoms with Crippen molar-refractivity contribution in [1.82, 2.24) is 19.5 Å². The predicted octanol–water partition coefficient (Wildman–Crippen LogP) is 8.60. The summed E-state index contributed by atoms with van der Waals surface area (Å²) in [6.45, 7) is 7.77. The second-order valence-corrected chi connectivity index (χ2v) is 18.8. The van der Waals surface area contributed by atoms with Gasteiger partial charge in [0.15, 0.2) is 6.23 Å². The zero-order chi connectivity index (χ0) is 51.4. The molecule has 19 nitrogen and oxygen atoms in total. The standard InChI is InChI=1S/C52H57N6O13P/c1-35(2)56(36(3)4)72(69-33-30-38-18-24-43(25-19-38)58(64)65)71-48-45(34-68-52(39-12-8-6-9-13-39,40-14-10-7-11-15-40)41-20-26-44(66-5)27-21-41)70-49(55-31-28-46(59)53-50(55)60)47(48)54-51(61)67-32-29-37-16-22-42(23-17-37)57(62)63/h6-28,31,35-36,45,47-49H,29-30,32-34H2,1-5H3,(H,54,61)(H,53,59,60)/t45-,47-,48-,49-,72?/m1/s1. The van der Waals surface area contributed by atoms with Crippen LogP contribution in [0.2, 0.25) is 0 Å². The Balaban J connectivity index is 1.30. The van der Waals surface area contributed by atoms with Crippen molar-refractivity contribution in [3.05, 3.63) is 215 Å². The summed E-state index contributed by atoms with van der Waals surface area (Å²) in [6.07, 6.45) is -2.57. The maximum Gasteiger partial charge on any atom is 0.407 e. The second-order valence-electron chi connectivity index (χ2n) is 17.4. The van der Waals surface area contributed by atoms with Crippen molar-refractivity contribution < 1.29 is 42.6 Å². The van der Waals surface area contributed by atoms with E-state index in [1.54, 1.807) is 31.4 Å². The summed E-state index contributed by atoms with van der Waals surface area (Å²) >= 11 is 0. The van der Waals surface area contributed by atoms with Gasteiger partial charge in [-0.3, -0.25) is 34.6 Å². The van der Waals surface area contributed by atoms with Crippen LogP contribution in [0.1, 0.15) is 61.7 Å². The molecule has 2 N–H and O–H groups in total. The molecular formula is C52H57N6O13P. The minimum atomic E-state index is -2.04. The average molecular weight is 1010 g/mol. The van der Waals surface area contributed by atoms with Gasteiger partial charge in [-0.05, 0) is 74.1 Å². The van der Waals surface area contributed by atoms with E-state index in [2.05, 4.69) is 15.0 Å². The molecule has 1 amide bonds. The lowest BCUT2D eigenvalue weighted by atomic mass is 9.80. The zero-order valence-electron chi connectivity index (χ0n) is 40.4. The molecule has 20 heteroatoms. The molecular weight excluding hydrogens is 948 g/mol. The zero-order valence-corrected chi connectivity index (χ0v) is 41.3. The molecule has 72 heavy (non-hydrogen) atoms. The van der Waals surface area contributed by atoms with Crippen molar-refractivity contribution in [2.45, 2.75) is 82.7 Å². The molecule has 0 saturated carbocycles. The van der Waals surface area contributed by atoms with Crippen molar-refractivity contribution in [1.29, 1.82) is 0 Å². The highest BCUT2D eigenvalue weighted by molar-refractivity contribution is 7.44. The number of rotatable bonds is 23. The number of amides is 1. The van der Waals surface area contributed by atoms with Gasteiger partial charge in [0.2, 0.25) is 0 Å². The Labute approximate surface area is 416 Å². The lowest BCUT2D eigenvalue weighted by Crippen LogP contribution is -2.50. The first kappa shape index (κ1) is 52.7. The number of non-ortho nitro benzene ring substituents is 2. The first-order chi connectivity index (χ1) is 34.7. The number of H-pyrrole nitrogens is 1. The predicted molar refractivity (Wildman–Crippen MR) is 269 cm³/mol. The molecule has 6 aromatic rings. The Morgan fingerprint density at radius 1 is 0.764 bits per heavy atom. The van der Waals surface area contributed by atoms with E-state index in [4.69, 9.17) is 28.0 Å². The summed E-state index contributed by atoms with van der Waals surface area (Å²) in [6, 6.07) is 38.6. The van der Waals surface area contributed by atoms with Crippen LogP contribution in [0.15, 0.2) is 155 Å². The highest BCUT2D eigenvalue weighted by Crippen LogP contribution is 2.51. The lowest BCUT2D eigenvalue weighted by Gasteiger charge is -2.39. The Morgan fingerprint density at radius 2 is 1.29 bits per heavy atom. The molecule has 378 valence electrons. The first-order valence-electron chi connectivity index (χ1n) is 23.3. The number of alkyl carbamates (subject to hydrolysis) is 1. The second kappa shape index (κ2) is 24.3. The van der Waals surface area contributed by atoms with E-state index in [9.17, 15) is 34.6 Å². The minimum Gasteiger partial charge on any atom is -0.497 e. The average Bonchev–Trinajstić information content (AvgIpc) is 3.69. The van der Waals surface area contributed by atoms with Crippen LogP contribution in [0.25, 0.3) is 0 Å². The van der Waals surface area contributed by atoms with Gasteiger partial charge in [0.05, 0.1) is 36.8 Å². The van der Waals surface area contributed by atoms with E-state index in [1.165, 1.54) is 30.5 Å². The van der Waals surface area contributed by atoms with Gasteiger partial charge in [-0.25, -0.2) is 14.3 Å². The molecule has 1 aliphatic rings. The molecule has 7 rings (SSSR count). The Kier molecular flexibility index (Phi) is 17.8. The number of nitro benzene ring substituents is 2. The van der Waals surface area contributed by atoms with Crippen LogP contribution in [-0.2, 0) is 41.7 Å². The number of nitrogens with zero attached hydrogens (tertiary/aromatic N) is 4. The number of ether oxygens (including phenoxy) is 4. The van der Waals surface area contributed by atoms with E-state index in [-0.39, 0.29) is 49.7 Å².